The summed E-state index contributed by atoms with van der Waals surface area (Å²) in [5.41, 5.74) is 1.39. The van der Waals surface area contributed by atoms with E-state index in [0.29, 0.717) is 4.83 Å². The van der Waals surface area contributed by atoms with Crippen LogP contribution in [-0.2, 0) is 0 Å². The third-order valence-electron chi connectivity index (χ3n) is 0.949. The van der Waals surface area contributed by atoms with E-state index in [0.717, 1.165) is 11.8 Å². The molecule has 0 nitrogen and oxygen atoms in total. The van der Waals surface area contributed by atoms with Gasteiger partial charge in [-0.25, -0.2) is 0 Å². The topological polar surface area (TPSA) is 0 Å². The monoisotopic (exact) mass is 254 g/mol. The highest BCUT2D eigenvalue weighted by Gasteiger charge is 1.96. The first-order valence-electron chi connectivity index (χ1n) is 3.00. The summed E-state index contributed by atoms with van der Waals surface area (Å²) < 4.78 is 0. The molecule has 0 aliphatic rings. The first-order valence-corrected chi connectivity index (χ1v) is 5.04. The van der Waals surface area contributed by atoms with Crippen molar-refractivity contribution in [2.75, 3.05) is 5.33 Å². The fourth-order valence-corrected chi connectivity index (χ4v) is 0.878. The summed E-state index contributed by atoms with van der Waals surface area (Å²) in [5, 5.41) is 1.02. The van der Waals surface area contributed by atoms with Gasteiger partial charge in [-0.05, 0) is 20.3 Å². The molecule has 0 aromatic rings. The summed E-state index contributed by atoms with van der Waals surface area (Å²) in [5.74, 6) is 0. The molecule has 0 aromatic carbocycles. The summed E-state index contributed by atoms with van der Waals surface area (Å²) in [7, 11) is 0. The van der Waals surface area contributed by atoms with Crippen LogP contribution in [0.2, 0.25) is 0 Å². The summed E-state index contributed by atoms with van der Waals surface area (Å²) >= 11 is 6.90. The van der Waals surface area contributed by atoms with E-state index in [2.05, 4.69) is 51.8 Å². The van der Waals surface area contributed by atoms with Crippen molar-refractivity contribution in [2.45, 2.75) is 25.1 Å². The molecule has 9 heavy (non-hydrogen) atoms. The van der Waals surface area contributed by atoms with Gasteiger partial charge in [-0.2, -0.15) is 0 Å². The van der Waals surface area contributed by atoms with Gasteiger partial charge in [0.1, 0.15) is 0 Å². The Morgan fingerprint density at radius 2 is 2.11 bits per heavy atom. The van der Waals surface area contributed by atoms with Crippen LogP contribution in [-0.4, -0.2) is 10.2 Å². The molecular formula is C7H12Br2. The largest absolute Gasteiger partial charge is 0.0916 e. The number of rotatable bonds is 3. The maximum atomic E-state index is 3.51. The van der Waals surface area contributed by atoms with Gasteiger partial charge in [-0.1, -0.05) is 43.5 Å². The van der Waals surface area contributed by atoms with Gasteiger partial charge in [-0.3, -0.25) is 0 Å². The summed E-state index contributed by atoms with van der Waals surface area (Å²) in [4.78, 5) is 0.590. The molecule has 0 radical (unpaired) electrons. The third-order valence-corrected chi connectivity index (χ3v) is 3.30. The lowest BCUT2D eigenvalue weighted by atomic mass is 10.2. The SMILES string of the molecule is CC(C)=CCC(Br)CBr. The van der Waals surface area contributed by atoms with Crippen molar-refractivity contribution in [3.8, 4) is 0 Å². The molecule has 1 atom stereocenters. The van der Waals surface area contributed by atoms with Crippen LogP contribution in [0.1, 0.15) is 20.3 Å². The summed E-state index contributed by atoms with van der Waals surface area (Å²) in [6, 6.07) is 0. The minimum atomic E-state index is 0.590. The Morgan fingerprint density at radius 3 is 2.44 bits per heavy atom. The molecule has 0 heterocycles. The number of hydrogen-bond donors (Lipinski definition) is 0. The van der Waals surface area contributed by atoms with Crippen molar-refractivity contribution < 1.29 is 0 Å². The van der Waals surface area contributed by atoms with Crippen molar-refractivity contribution in [3.05, 3.63) is 11.6 Å². The van der Waals surface area contributed by atoms with E-state index in [9.17, 15) is 0 Å². The molecule has 54 valence electrons. The minimum absolute atomic E-state index is 0.590. The van der Waals surface area contributed by atoms with Gasteiger partial charge < -0.3 is 0 Å². The quantitative estimate of drug-likeness (QED) is 0.535. The standard InChI is InChI=1S/C7H12Br2/c1-6(2)3-4-7(9)5-8/h3,7H,4-5H2,1-2H3. The normalized spacial score (nSPS) is 12.9. The second-order valence-electron chi connectivity index (χ2n) is 2.27. The number of allylic oxidation sites excluding steroid dienone is 2. The van der Waals surface area contributed by atoms with Crippen molar-refractivity contribution in [3.63, 3.8) is 0 Å². The van der Waals surface area contributed by atoms with Crippen molar-refractivity contribution in [1.82, 2.24) is 0 Å². The predicted octanol–water partition coefficient (Wildman–Crippen LogP) is 3.50. The van der Waals surface area contributed by atoms with E-state index < -0.39 is 0 Å². The van der Waals surface area contributed by atoms with Crippen LogP contribution in [0.4, 0.5) is 0 Å². The Morgan fingerprint density at radius 1 is 1.56 bits per heavy atom. The van der Waals surface area contributed by atoms with Crippen LogP contribution >= 0.6 is 31.9 Å². The molecule has 2 heteroatoms. The maximum Gasteiger partial charge on any atom is 0.0277 e. The Kier molecular flexibility index (Phi) is 5.91. The zero-order chi connectivity index (χ0) is 7.28. The maximum absolute atomic E-state index is 3.51. The molecule has 0 aliphatic heterocycles. The number of halogens is 2. The summed E-state index contributed by atoms with van der Waals surface area (Å²) in [6.45, 7) is 4.24. The molecule has 1 unspecified atom stereocenters. The lowest BCUT2D eigenvalue weighted by Crippen LogP contribution is -1.95. The highest BCUT2D eigenvalue weighted by atomic mass is 79.9. The summed E-state index contributed by atoms with van der Waals surface area (Å²) in [6.07, 6.45) is 3.36. The average molecular weight is 256 g/mol. The van der Waals surface area contributed by atoms with E-state index in [-0.39, 0.29) is 0 Å². The Bertz CT molecular complexity index is 93.1. The fraction of sp³-hybridized carbons (Fsp3) is 0.714. The van der Waals surface area contributed by atoms with Crippen LogP contribution in [0.15, 0.2) is 11.6 Å². The number of hydrogen-bond acceptors (Lipinski definition) is 0. The van der Waals surface area contributed by atoms with E-state index in [4.69, 9.17) is 0 Å². The zero-order valence-corrected chi connectivity index (χ0v) is 9.00. The molecule has 0 spiro atoms. The van der Waals surface area contributed by atoms with Gasteiger partial charge in [0.05, 0.1) is 0 Å². The molecule has 0 saturated carbocycles. The molecule has 0 N–H and O–H groups in total. The Balaban J connectivity index is 3.37. The van der Waals surface area contributed by atoms with Gasteiger partial charge in [0.15, 0.2) is 0 Å². The van der Waals surface area contributed by atoms with Crippen LogP contribution in [0, 0.1) is 0 Å². The van der Waals surface area contributed by atoms with Crippen LogP contribution in [0.25, 0.3) is 0 Å². The van der Waals surface area contributed by atoms with Crippen molar-refractivity contribution in [2.24, 2.45) is 0 Å². The minimum Gasteiger partial charge on any atom is -0.0916 e. The van der Waals surface area contributed by atoms with Gasteiger partial charge in [0, 0.05) is 10.2 Å². The third kappa shape index (κ3) is 6.59. The molecule has 0 amide bonds. The fourth-order valence-electron chi connectivity index (χ4n) is 0.427. The zero-order valence-electron chi connectivity index (χ0n) is 5.82. The lowest BCUT2D eigenvalue weighted by Gasteiger charge is -1.99. The van der Waals surface area contributed by atoms with E-state index in [1.807, 2.05) is 0 Å². The molecule has 0 aliphatic carbocycles. The highest BCUT2D eigenvalue weighted by molar-refractivity contribution is 9.12. The number of alkyl halides is 2. The van der Waals surface area contributed by atoms with E-state index >= 15 is 0 Å². The Hall–Kier alpha value is 0.700. The lowest BCUT2D eigenvalue weighted by molar-refractivity contribution is 1.01. The van der Waals surface area contributed by atoms with Crippen molar-refractivity contribution in [1.29, 1.82) is 0 Å². The first kappa shape index (κ1) is 9.70. The molecule has 0 aromatic heterocycles. The molecular weight excluding hydrogens is 244 g/mol. The van der Waals surface area contributed by atoms with Gasteiger partial charge in [0.2, 0.25) is 0 Å². The molecule has 0 rings (SSSR count). The van der Waals surface area contributed by atoms with Gasteiger partial charge in [0.25, 0.3) is 0 Å². The highest BCUT2D eigenvalue weighted by Crippen LogP contribution is 2.09. The smallest absolute Gasteiger partial charge is 0.0277 e. The molecule has 0 bridgehead atoms. The second-order valence-corrected chi connectivity index (χ2v) is 4.21. The molecule has 0 saturated heterocycles. The van der Waals surface area contributed by atoms with E-state index in [1.165, 1.54) is 5.57 Å². The first-order chi connectivity index (χ1) is 4.16. The molecule has 0 fully saturated rings. The van der Waals surface area contributed by atoms with E-state index in [1.54, 1.807) is 0 Å². The van der Waals surface area contributed by atoms with Crippen LogP contribution in [0.5, 0.6) is 0 Å². The van der Waals surface area contributed by atoms with Gasteiger partial charge >= 0.3 is 0 Å². The average Bonchev–Trinajstić information content (AvgIpc) is 1.83. The predicted molar refractivity (Wildman–Crippen MR) is 50.6 cm³/mol. The van der Waals surface area contributed by atoms with Crippen LogP contribution in [0.3, 0.4) is 0 Å². The van der Waals surface area contributed by atoms with Crippen LogP contribution < -0.4 is 0 Å². The second kappa shape index (κ2) is 5.48. The Labute approximate surface area is 74.0 Å². The van der Waals surface area contributed by atoms with Crippen molar-refractivity contribution >= 4 is 31.9 Å². The van der Waals surface area contributed by atoms with Gasteiger partial charge in [-0.15, -0.1) is 0 Å².